The number of nitro groups is 1. The molecule has 0 spiro atoms. The van der Waals surface area contributed by atoms with E-state index in [1.165, 1.54) is 6.07 Å². The first kappa shape index (κ1) is 14.5. The van der Waals surface area contributed by atoms with Crippen molar-refractivity contribution in [3.05, 3.63) is 87.4 Å². The molecule has 3 rings (SSSR count). The molecule has 0 bridgehead atoms. The van der Waals surface area contributed by atoms with Gasteiger partial charge in [-0.2, -0.15) is 0 Å². The number of nitrogens with zero attached hydrogens (tertiary/aromatic N) is 1. The smallest absolute Gasteiger partial charge is 0.258 e. The van der Waals surface area contributed by atoms with Crippen LogP contribution < -0.4 is 0 Å². The third-order valence-corrected chi connectivity index (χ3v) is 4.00. The van der Waals surface area contributed by atoms with Crippen molar-refractivity contribution in [2.75, 3.05) is 0 Å². The molecule has 0 aliphatic rings. The Morgan fingerprint density at radius 2 is 1.23 bits per heavy atom. The molecule has 3 aromatic rings. The molecule has 4 heteroatoms. The van der Waals surface area contributed by atoms with Gasteiger partial charge >= 0.3 is 0 Å². The summed E-state index contributed by atoms with van der Waals surface area (Å²) in [6.45, 7) is 0. The maximum Gasteiger partial charge on any atom is 0.277 e. The second-order valence-corrected chi connectivity index (χ2v) is 5.77. The van der Waals surface area contributed by atoms with E-state index in [1.54, 1.807) is 12.1 Å². The van der Waals surface area contributed by atoms with Crippen LogP contribution in [0.5, 0.6) is 0 Å². The topological polar surface area (TPSA) is 43.1 Å². The molecule has 108 valence electrons. The van der Waals surface area contributed by atoms with E-state index in [4.69, 9.17) is 0 Å². The van der Waals surface area contributed by atoms with Gasteiger partial charge in [0.05, 0.1) is 10.5 Å². The molecular formula is C18H12BrNO2. The Morgan fingerprint density at radius 3 is 1.82 bits per heavy atom. The van der Waals surface area contributed by atoms with Crippen LogP contribution in [-0.2, 0) is 0 Å². The van der Waals surface area contributed by atoms with Gasteiger partial charge in [-0.1, -0.05) is 64.5 Å². The van der Waals surface area contributed by atoms with E-state index in [-0.39, 0.29) is 10.6 Å². The highest BCUT2D eigenvalue weighted by atomic mass is 79.9. The third kappa shape index (κ3) is 2.92. The molecule has 0 N–H and O–H groups in total. The lowest BCUT2D eigenvalue weighted by Gasteiger charge is -2.06. The quantitative estimate of drug-likeness (QED) is 0.448. The fourth-order valence-corrected chi connectivity index (χ4v) is 2.63. The summed E-state index contributed by atoms with van der Waals surface area (Å²) >= 11 is 3.42. The minimum Gasteiger partial charge on any atom is -0.258 e. The Labute approximate surface area is 136 Å². The molecule has 0 amide bonds. The van der Waals surface area contributed by atoms with E-state index >= 15 is 0 Å². The van der Waals surface area contributed by atoms with Crippen LogP contribution in [0.4, 0.5) is 5.69 Å². The van der Waals surface area contributed by atoms with Crippen molar-refractivity contribution in [2.24, 2.45) is 0 Å². The molecule has 3 nitrogen and oxygen atoms in total. The van der Waals surface area contributed by atoms with Gasteiger partial charge in [0, 0.05) is 10.5 Å². The Kier molecular flexibility index (Phi) is 4.02. The van der Waals surface area contributed by atoms with Gasteiger partial charge < -0.3 is 0 Å². The summed E-state index contributed by atoms with van der Waals surface area (Å²) in [5.41, 5.74) is 3.79. The van der Waals surface area contributed by atoms with Crippen LogP contribution >= 0.6 is 15.9 Å². The first-order valence-electron chi connectivity index (χ1n) is 6.75. The maximum atomic E-state index is 11.1. The number of para-hydroxylation sites is 1. The van der Waals surface area contributed by atoms with Crippen molar-refractivity contribution >= 4 is 21.6 Å². The van der Waals surface area contributed by atoms with Crippen LogP contribution in [0.3, 0.4) is 0 Å². The molecule has 0 aliphatic heterocycles. The molecule has 0 heterocycles. The van der Waals surface area contributed by atoms with Crippen LogP contribution in [0.15, 0.2) is 77.3 Å². The minimum absolute atomic E-state index is 0.124. The van der Waals surface area contributed by atoms with Crippen molar-refractivity contribution in [2.45, 2.75) is 0 Å². The molecular weight excluding hydrogens is 342 g/mol. The maximum absolute atomic E-state index is 11.1. The molecule has 3 aromatic carbocycles. The Balaban J connectivity index is 1.98. The Hall–Kier alpha value is -2.46. The number of halogens is 1. The van der Waals surface area contributed by atoms with Gasteiger partial charge in [0.2, 0.25) is 0 Å². The molecule has 0 saturated carbocycles. The molecule has 0 unspecified atom stereocenters. The number of nitro benzene ring substituents is 1. The van der Waals surface area contributed by atoms with Gasteiger partial charge in [0.25, 0.3) is 5.69 Å². The summed E-state index contributed by atoms with van der Waals surface area (Å²) in [5.74, 6) is 0. The summed E-state index contributed by atoms with van der Waals surface area (Å²) in [6, 6.07) is 22.6. The Morgan fingerprint density at radius 1 is 0.727 bits per heavy atom. The second kappa shape index (κ2) is 6.12. The second-order valence-electron chi connectivity index (χ2n) is 4.86. The zero-order chi connectivity index (χ0) is 15.5. The molecule has 22 heavy (non-hydrogen) atoms. The molecule has 0 aromatic heterocycles. The molecule has 0 saturated heterocycles. The van der Waals surface area contributed by atoms with Crippen molar-refractivity contribution in [3.8, 4) is 22.3 Å². The summed E-state index contributed by atoms with van der Waals surface area (Å²) < 4.78 is 1.03. The summed E-state index contributed by atoms with van der Waals surface area (Å²) in [5, 5.41) is 11.1. The van der Waals surface area contributed by atoms with Crippen molar-refractivity contribution in [1.29, 1.82) is 0 Å². The third-order valence-electron chi connectivity index (χ3n) is 3.47. The molecule has 0 radical (unpaired) electrons. The van der Waals surface area contributed by atoms with Crippen molar-refractivity contribution in [1.82, 2.24) is 0 Å². The zero-order valence-electron chi connectivity index (χ0n) is 11.6. The highest BCUT2D eigenvalue weighted by Crippen LogP contribution is 2.31. The van der Waals surface area contributed by atoms with E-state index in [2.05, 4.69) is 15.9 Å². The lowest BCUT2D eigenvalue weighted by atomic mass is 9.99. The van der Waals surface area contributed by atoms with E-state index < -0.39 is 0 Å². The van der Waals surface area contributed by atoms with E-state index in [1.807, 2.05) is 54.6 Å². The average molecular weight is 354 g/mol. The van der Waals surface area contributed by atoms with Crippen LogP contribution in [-0.4, -0.2) is 4.92 Å². The summed E-state index contributed by atoms with van der Waals surface area (Å²) in [6.07, 6.45) is 0. The highest BCUT2D eigenvalue weighted by Gasteiger charge is 2.13. The first-order valence-corrected chi connectivity index (χ1v) is 7.54. The summed E-state index contributed by atoms with van der Waals surface area (Å²) in [4.78, 5) is 10.8. The average Bonchev–Trinajstić information content (AvgIpc) is 2.56. The predicted octanol–water partition coefficient (Wildman–Crippen LogP) is 5.69. The van der Waals surface area contributed by atoms with Gasteiger partial charge in [0.15, 0.2) is 0 Å². The molecule has 0 aliphatic carbocycles. The van der Waals surface area contributed by atoms with Gasteiger partial charge in [-0.15, -0.1) is 0 Å². The van der Waals surface area contributed by atoms with Gasteiger partial charge in [-0.05, 0) is 34.9 Å². The van der Waals surface area contributed by atoms with Crippen molar-refractivity contribution < 1.29 is 4.92 Å². The van der Waals surface area contributed by atoms with Crippen LogP contribution in [0.2, 0.25) is 0 Å². The number of rotatable bonds is 3. The van der Waals surface area contributed by atoms with Gasteiger partial charge in [-0.25, -0.2) is 0 Å². The van der Waals surface area contributed by atoms with Gasteiger partial charge in [-0.3, -0.25) is 10.1 Å². The SMILES string of the molecule is O=[N+]([O-])c1ccccc1-c1ccc(-c2ccc(Br)cc2)cc1. The lowest BCUT2D eigenvalue weighted by molar-refractivity contribution is -0.384. The summed E-state index contributed by atoms with van der Waals surface area (Å²) in [7, 11) is 0. The fourth-order valence-electron chi connectivity index (χ4n) is 2.36. The number of benzene rings is 3. The van der Waals surface area contributed by atoms with E-state index in [0.29, 0.717) is 5.56 Å². The lowest BCUT2D eigenvalue weighted by Crippen LogP contribution is -1.91. The highest BCUT2D eigenvalue weighted by molar-refractivity contribution is 9.10. The first-order chi connectivity index (χ1) is 10.6. The molecule has 0 atom stereocenters. The normalized spacial score (nSPS) is 10.4. The van der Waals surface area contributed by atoms with Gasteiger partial charge in [0.1, 0.15) is 0 Å². The van der Waals surface area contributed by atoms with Crippen LogP contribution in [0.25, 0.3) is 22.3 Å². The Bertz CT molecular complexity index is 811. The number of hydrogen-bond donors (Lipinski definition) is 0. The van der Waals surface area contributed by atoms with Crippen molar-refractivity contribution in [3.63, 3.8) is 0 Å². The van der Waals surface area contributed by atoms with E-state index in [9.17, 15) is 10.1 Å². The largest absolute Gasteiger partial charge is 0.277 e. The monoisotopic (exact) mass is 353 g/mol. The molecule has 0 fully saturated rings. The van der Waals surface area contributed by atoms with E-state index in [0.717, 1.165) is 21.2 Å². The minimum atomic E-state index is -0.349. The van der Waals surface area contributed by atoms with Crippen LogP contribution in [0, 0.1) is 10.1 Å². The zero-order valence-corrected chi connectivity index (χ0v) is 13.2. The van der Waals surface area contributed by atoms with Crippen LogP contribution in [0.1, 0.15) is 0 Å². The standard InChI is InChI=1S/C18H12BrNO2/c19-16-11-9-14(10-12-16)13-5-7-15(8-6-13)17-3-1-2-4-18(17)20(21)22/h1-12H. The fraction of sp³-hybridized carbons (Fsp3) is 0. The number of hydrogen-bond acceptors (Lipinski definition) is 2. The predicted molar refractivity (Wildman–Crippen MR) is 91.7 cm³/mol.